The summed E-state index contributed by atoms with van der Waals surface area (Å²) in [6.45, 7) is 7.37. The second-order valence-electron chi connectivity index (χ2n) is 6.01. The number of unbranched alkanes of at least 4 members (excludes halogenated alkanes) is 2. The molecule has 0 fully saturated rings. The minimum absolute atomic E-state index is 0.192. The lowest BCUT2D eigenvalue weighted by Gasteiger charge is -2.40. The summed E-state index contributed by atoms with van der Waals surface area (Å²) >= 11 is 0. The summed E-state index contributed by atoms with van der Waals surface area (Å²) in [6.07, 6.45) is 5.57. The first-order chi connectivity index (χ1) is 9.58. The van der Waals surface area contributed by atoms with E-state index in [-0.39, 0.29) is 17.5 Å². The molecule has 1 heterocycles. The number of benzene rings is 1. The first-order valence-corrected chi connectivity index (χ1v) is 7.80. The molecule has 0 saturated heterocycles. The summed E-state index contributed by atoms with van der Waals surface area (Å²) < 4.78 is 19.6. The van der Waals surface area contributed by atoms with Gasteiger partial charge >= 0.3 is 0 Å². The molecule has 112 valence electrons. The highest BCUT2D eigenvalue weighted by molar-refractivity contribution is 5.39. The van der Waals surface area contributed by atoms with Gasteiger partial charge in [-0.2, -0.15) is 0 Å². The maximum absolute atomic E-state index is 13.5. The van der Waals surface area contributed by atoms with Crippen LogP contribution in [0.4, 0.5) is 4.39 Å². The first-order valence-electron chi connectivity index (χ1n) is 7.80. The lowest BCUT2D eigenvalue weighted by atomic mass is 9.85. The SMILES string of the molecule is CCCCCC1(C)CC(NCC)c2ccc(F)cc2O1. The number of hydrogen-bond donors (Lipinski definition) is 1. The Labute approximate surface area is 121 Å². The van der Waals surface area contributed by atoms with E-state index < -0.39 is 0 Å². The highest BCUT2D eigenvalue weighted by Gasteiger charge is 2.36. The molecule has 0 aliphatic carbocycles. The Balaban J connectivity index is 2.20. The molecule has 3 heteroatoms. The Hall–Kier alpha value is -1.09. The largest absolute Gasteiger partial charge is 0.487 e. The van der Waals surface area contributed by atoms with E-state index in [2.05, 4.69) is 26.1 Å². The lowest BCUT2D eigenvalue weighted by molar-refractivity contribution is 0.0372. The average Bonchev–Trinajstić information content (AvgIpc) is 2.38. The van der Waals surface area contributed by atoms with Crippen LogP contribution >= 0.6 is 0 Å². The summed E-state index contributed by atoms with van der Waals surface area (Å²) in [5, 5.41) is 3.50. The number of fused-ring (bicyclic) bond motifs is 1. The van der Waals surface area contributed by atoms with E-state index in [1.54, 1.807) is 0 Å². The molecule has 1 aromatic carbocycles. The van der Waals surface area contributed by atoms with Gasteiger partial charge in [0.05, 0.1) is 0 Å². The fraction of sp³-hybridized carbons (Fsp3) is 0.647. The summed E-state index contributed by atoms with van der Waals surface area (Å²) in [5.74, 6) is 0.484. The molecule has 0 spiro atoms. The molecular weight excluding hydrogens is 253 g/mol. The van der Waals surface area contributed by atoms with Gasteiger partial charge in [-0.25, -0.2) is 4.39 Å². The van der Waals surface area contributed by atoms with Crippen LogP contribution in [0.15, 0.2) is 18.2 Å². The Morgan fingerprint density at radius 2 is 2.15 bits per heavy atom. The van der Waals surface area contributed by atoms with Crippen LogP contribution in [-0.4, -0.2) is 12.1 Å². The van der Waals surface area contributed by atoms with Gasteiger partial charge in [-0.05, 0) is 32.4 Å². The maximum Gasteiger partial charge on any atom is 0.127 e. The molecule has 0 aromatic heterocycles. The van der Waals surface area contributed by atoms with Crippen molar-refractivity contribution in [2.75, 3.05) is 6.54 Å². The predicted molar refractivity (Wildman–Crippen MR) is 80.6 cm³/mol. The van der Waals surface area contributed by atoms with Crippen molar-refractivity contribution >= 4 is 0 Å². The molecule has 2 rings (SSSR count). The van der Waals surface area contributed by atoms with E-state index in [1.807, 2.05) is 6.07 Å². The van der Waals surface area contributed by atoms with Gasteiger partial charge < -0.3 is 10.1 Å². The number of hydrogen-bond acceptors (Lipinski definition) is 2. The predicted octanol–water partition coefficient (Wildman–Crippen LogP) is 4.60. The Morgan fingerprint density at radius 3 is 2.85 bits per heavy atom. The van der Waals surface area contributed by atoms with Crippen molar-refractivity contribution in [3.63, 3.8) is 0 Å². The number of ether oxygens (including phenoxy) is 1. The van der Waals surface area contributed by atoms with E-state index in [9.17, 15) is 4.39 Å². The average molecular weight is 279 g/mol. The second-order valence-corrected chi connectivity index (χ2v) is 6.01. The molecule has 0 bridgehead atoms. The van der Waals surface area contributed by atoms with Gasteiger partial charge in [0.1, 0.15) is 17.2 Å². The van der Waals surface area contributed by atoms with Crippen molar-refractivity contribution < 1.29 is 9.13 Å². The van der Waals surface area contributed by atoms with Crippen LogP contribution in [0.25, 0.3) is 0 Å². The molecule has 1 aliphatic heterocycles. The van der Waals surface area contributed by atoms with Gasteiger partial charge in [-0.15, -0.1) is 0 Å². The zero-order valence-corrected chi connectivity index (χ0v) is 12.8. The van der Waals surface area contributed by atoms with Crippen molar-refractivity contribution in [3.8, 4) is 5.75 Å². The summed E-state index contributed by atoms with van der Waals surface area (Å²) in [6, 6.07) is 5.16. The van der Waals surface area contributed by atoms with E-state index in [0.717, 1.165) is 31.4 Å². The van der Waals surface area contributed by atoms with E-state index >= 15 is 0 Å². The van der Waals surface area contributed by atoms with E-state index in [1.165, 1.54) is 25.0 Å². The minimum atomic E-state index is -0.225. The molecule has 0 amide bonds. The standard InChI is InChI=1S/C17H26FNO/c1-4-6-7-10-17(3)12-15(19-5-2)14-9-8-13(18)11-16(14)20-17/h8-9,11,15,19H,4-7,10,12H2,1-3H3. The smallest absolute Gasteiger partial charge is 0.127 e. The highest BCUT2D eigenvalue weighted by Crippen LogP contribution is 2.42. The molecule has 1 N–H and O–H groups in total. The number of nitrogens with one attached hydrogen (secondary N) is 1. The summed E-state index contributed by atoms with van der Waals surface area (Å²) in [5.41, 5.74) is 0.893. The van der Waals surface area contributed by atoms with Crippen molar-refractivity contribution in [2.45, 2.75) is 64.5 Å². The molecule has 0 radical (unpaired) electrons. The highest BCUT2D eigenvalue weighted by atomic mass is 19.1. The maximum atomic E-state index is 13.5. The van der Waals surface area contributed by atoms with Crippen LogP contribution in [0.5, 0.6) is 5.75 Å². The number of halogens is 1. The van der Waals surface area contributed by atoms with Gasteiger partial charge in [0.25, 0.3) is 0 Å². The van der Waals surface area contributed by atoms with Crippen LogP contribution in [0.2, 0.25) is 0 Å². The zero-order chi connectivity index (χ0) is 14.6. The van der Waals surface area contributed by atoms with Gasteiger partial charge in [-0.3, -0.25) is 0 Å². The third-order valence-electron chi connectivity index (χ3n) is 4.10. The fourth-order valence-corrected chi connectivity index (χ4v) is 3.06. The normalized spacial score (nSPS) is 25.1. The second kappa shape index (κ2) is 6.57. The molecule has 2 nitrogen and oxygen atoms in total. The molecule has 2 unspecified atom stereocenters. The lowest BCUT2D eigenvalue weighted by Crippen LogP contribution is -2.42. The Morgan fingerprint density at radius 1 is 1.35 bits per heavy atom. The zero-order valence-electron chi connectivity index (χ0n) is 12.8. The molecule has 20 heavy (non-hydrogen) atoms. The quantitative estimate of drug-likeness (QED) is 0.768. The van der Waals surface area contributed by atoms with Gasteiger partial charge in [0, 0.05) is 24.1 Å². The van der Waals surface area contributed by atoms with Crippen LogP contribution in [0, 0.1) is 5.82 Å². The Bertz CT molecular complexity index is 449. The van der Waals surface area contributed by atoms with Crippen LogP contribution < -0.4 is 10.1 Å². The molecule has 1 aliphatic rings. The van der Waals surface area contributed by atoms with Crippen molar-refractivity contribution in [1.29, 1.82) is 0 Å². The van der Waals surface area contributed by atoms with Gasteiger partial charge in [-0.1, -0.05) is 32.8 Å². The fourth-order valence-electron chi connectivity index (χ4n) is 3.06. The van der Waals surface area contributed by atoms with E-state index in [4.69, 9.17) is 4.74 Å². The Kier molecular flexibility index (Phi) is 5.03. The molecular formula is C17H26FNO. The molecule has 0 saturated carbocycles. The van der Waals surface area contributed by atoms with Crippen molar-refractivity contribution in [1.82, 2.24) is 5.32 Å². The van der Waals surface area contributed by atoms with Crippen LogP contribution in [0.3, 0.4) is 0 Å². The van der Waals surface area contributed by atoms with Crippen molar-refractivity contribution in [3.05, 3.63) is 29.6 Å². The van der Waals surface area contributed by atoms with Crippen LogP contribution in [0.1, 0.15) is 64.5 Å². The van der Waals surface area contributed by atoms with Gasteiger partial charge in [0.15, 0.2) is 0 Å². The van der Waals surface area contributed by atoms with Crippen LogP contribution in [-0.2, 0) is 0 Å². The topological polar surface area (TPSA) is 21.3 Å². The summed E-state index contributed by atoms with van der Waals surface area (Å²) in [4.78, 5) is 0. The number of rotatable bonds is 6. The van der Waals surface area contributed by atoms with E-state index in [0.29, 0.717) is 5.75 Å². The molecule has 2 atom stereocenters. The molecule has 1 aromatic rings. The van der Waals surface area contributed by atoms with Crippen molar-refractivity contribution in [2.24, 2.45) is 0 Å². The third-order valence-corrected chi connectivity index (χ3v) is 4.10. The summed E-state index contributed by atoms with van der Waals surface area (Å²) in [7, 11) is 0. The minimum Gasteiger partial charge on any atom is -0.487 e. The monoisotopic (exact) mass is 279 g/mol. The third kappa shape index (κ3) is 3.51. The van der Waals surface area contributed by atoms with Gasteiger partial charge in [0.2, 0.25) is 0 Å². The first kappa shape index (κ1) is 15.3.